The zero-order valence-corrected chi connectivity index (χ0v) is 8.19. The molecule has 2 heterocycles. The average Bonchev–Trinajstić information content (AvgIpc) is 2.71. The molecule has 7 heteroatoms. The second-order valence-corrected chi connectivity index (χ2v) is 3.05. The predicted octanol–water partition coefficient (Wildman–Crippen LogP) is 1.11. The number of hydrogen-bond acceptors (Lipinski definition) is 4. The molecule has 0 spiro atoms. The van der Waals surface area contributed by atoms with Crippen molar-refractivity contribution in [3.8, 4) is 0 Å². The zero-order valence-electron chi connectivity index (χ0n) is 7.44. The smallest absolute Gasteiger partial charge is 0.261 e. The maximum atomic E-state index is 11.6. The highest BCUT2D eigenvalue weighted by Crippen LogP contribution is 2.14. The fourth-order valence-corrected chi connectivity index (χ4v) is 1.18. The first kappa shape index (κ1) is 9.60. The molecule has 0 saturated heterocycles. The summed E-state index contributed by atoms with van der Waals surface area (Å²) in [5, 5.41) is 8.91. The number of hydrogen-bond donors (Lipinski definition) is 2. The SMILES string of the molecule is O=C(Nc1ncn[nH]1)c1cnccc1Cl. The Morgan fingerprint density at radius 3 is 3.07 bits per heavy atom. The summed E-state index contributed by atoms with van der Waals surface area (Å²) in [7, 11) is 0. The molecule has 0 bridgehead atoms. The maximum absolute atomic E-state index is 11.6. The van der Waals surface area contributed by atoms with Gasteiger partial charge in [0.1, 0.15) is 6.33 Å². The summed E-state index contributed by atoms with van der Waals surface area (Å²) < 4.78 is 0. The van der Waals surface area contributed by atoms with Gasteiger partial charge in [-0.1, -0.05) is 11.6 Å². The molecule has 2 rings (SSSR count). The number of carbonyl (C=O) groups is 1. The summed E-state index contributed by atoms with van der Waals surface area (Å²) >= 11 is 5.81. The number of carbonyl (C=O) groups excluding carboxylic acids is 1. The average molecular weight is 224 g/mol. The van der Waals surface area contributed by atoms with E-state index in [0.29, 0.717) is 5.02 Å². The van der Waals surface area contributed by atoms with Crippen LogP contribution in [0.3, 0.4) is 0 Å². The first-order valence-electron chi connectivity index (χ1n) is 4.03. The number of nitrogens with one attached hydrogen (secondary N) is 2. The normalized spacial score (nSPS) is 9.93. The highest BCUT2D eigenvalue weighted by Gasteiger charge is 2.11. The third kappa shape index (κ3) is 2.10. The van der Waals surface area contributed by atoms with E-state index in [0.717, 1.165) is 0 Å². The van der Waals surface area contributed by atoms with Crippen molar-refractivity contribution in [2.45, 2.75) is 0 Å². The minimum atomic E-state index is -0.384. The molecule has 2 N–H and O–H groups in total. The van der Waals surface area contributed by atoms with Gasteiger partial charge in [0, 0.05) is 12.4 Å². The van der Waals surface area contributed by atoms with E-state index in [9.17, 15) is 4.79 Å². The van der Waals surface area contributed by atoms with Crippen LogP contribution in [0.1, 0.15) is 10.4 Å². The largest absolute Gasteiger partial charge is 0.291 e. The monoisotopic (exact) mass is 223 g/mol. The first-order chi connectivity index (χ1) is 7.27. The zero-order chi connectivity index (χ0) is 10.7. The van der Waals surface area contributed by atoms with Crippen molar-refractivity contribution in [1.29, 1.82) is 0 Å². The quantitative estimate of drug-likeness (QED) is 0.799. The molecule has 6 nitrogen and oxygen atoms in total. The Hall–Kier alpha value is -1.95. The van der Waals surface area contributed by atoms with Crippen molar-refractivity contribution in [1.82, 2.24) is 20.2 Å². The highest BCUT2D eigenvalue weighted by atomic mass is 35.5. The summed E-state index contributed by atoms with van der Waals surface area (Å²) in [5.74, 6) is -0.121. The van der Waals surface area contributed by atoms with Crippen molar-refractivity contribution in [2.24, 2.45) is 0 Å². The molecule has 0 aromatic carbocycles. The van der Waals surface area contributed by atoms with Gasteiger partial charge in [-0.05, 0) is 6.07 Å². The number of H-pyrrole nitrogens is 1. The molecule has 0 atom stereocenters. The van der Waals surface area contributed by atoms with Gasteiger partial charge >= 0.3 is 0 Å². The molecular weight excluding hydrogens is 218 g/mol. The lowest BCUT2D eigenvalue weighted by Gasteiger charge is -2.02. The number of halogens is 1. The maximum Gasteiger partial charge on any atom is 0.261 e. The van der Waals surface area contributed by atoms with Crippen molar-refractivity contribution in [3.05, 3.63) is 35.4 Å². The van der Waals surface area contributed by atoms with Crippen molar-refractivity contribution < 1.29 is 4.79 Å². The van der Waals surface area contributed by atoms with E-state index in [2.05, 4.69) is 25.5 Å². The summed E-state index contributed by atoms with van der Waals surface area (Å²) in [4.78, 5) is 19.2. The van der Waals surface area contributed by atoms with Crippen molar-refractivity contribution in [2.75, 3.05) is 5.32 Å². The van der Waals surface area contributed by atoms with Gasteiger partial charge in [0.15, 0.2) is 0 Å². The van der Waals surface area contributed by atoms with Gasteiger partial charge in [-0.25, -0.2) is 5.10 Å². The summed E-state index contributed by atoms with van der Waals surface area (Å²) in [6.45, 7) is 0. The summed E-state index contributed by atoms with van der Waals surface area (Å²) in [6.07, 6.45) is 4.18. The summed E-state index contributed by atoms with van der Waals surface area (Å²) in [5.41, 5.74) is 0.288. The Labute approximate surface area is 89.7 Å². The number of pyridine rings is 1. The second kappa shape index (κ2) is 4.05. The molecule has 1 amide bonds. The number of rotatable bonds is 2. The fourth-order valence-electron chi connectivity index (χ4n) is 0.985. The Kier molecular flexibility index (Phi) is 2.59. The van der Waals surface area contributed by atoms with E-state index in [4.69, 9.17) is 11.6 Å². The van der Waals surface area contributed by atoms with Gasteiger partial charge in [-0.3, -0.25) is 15.1 Å². The first-order valence-corrected chi connectivity index (χ1v) is 4.41. The minimum Gasteiger partial charge on any atom is -0.291 e. The van der Waals surface area contributed by atoms with Crippen molar-refractivity contribution >= 4 is 23.5 Å². The minimum absolute atomic E-state index is 0.264. The molecule has 0 fully saturated rings. The number of anilines is 1. The number of amides is 1. The van der Waals surface area contributed by atoms with Crippen LogP contribution < -0.4 is 5.32 Å². The molecular formula is C8H6ClN5O. The van der Waals surface area contributed by atoms with Crippen LogP contribution >= 0.6 is 11.6 Å². The fraction of sp³-hybridized carbons (Fsp3) is 0. The Morgan fingerprint density at radius 1 is 1.53 bits per heavy atom. The molecule has 2 aromatic heterocycles. The van der Waals surface area contributed by atoms with Crippen LogP contribution in [0.15, 0.2) is 24.8 Å². The van der Waals surface area contributed by atoms with E-state index in [1.165, 1.54) is 24.8 Å². The molecule has 15 heavy (non-hydrogen) atoms. The van der Waals surface area contributed by atoms with E-state index in [1.54, 1.807) is 0 Å². The third-order valence-corrected chi connectivity index (χ3v) is 1.99. The van der Waals surface area contributed by atoms with Crippen LogP contribution in [0.25, 0.3) is 0 Å². The topological polar surface area (TPSA) is 83.6 Å². The molecule has 0 radical (unpaired) electrons. The Morgan fingerprint density at radius 2 is 2.40 bits per heavy atom. The van der Waals surface area contributed by atoms with Crippen LogP contribution in [-0.2, 0) is 0 Å². The van der Waals surface area contributed by atoms with Crippen LogP contribution in [0, 0.1) is 0 Å². The Bertz CT molecular complexity index is 470. The van der Waals surface area contributed by atoms with Crippen LogP contribution in [-0.4, -0.2) is 26.1 Å². The molecule has 0 unspecified atom stereocenters. The van der Waals surface area contributed by atoms with Crippen LogP contribution in [0.5, 0.6) is 0 Å². The number of aromatic amines is 1. The van der Waals surface area contributed by atoms with Gasteiger partial charge < -0.3 is 0 Å². The lowest BCUT2D eigenvalue weighted by Crippen LogP contribution is -2.13. The van der Waals surface area contributed by atoms with Gasteiger partial charge in [0.05, 0.1) is 10.6 Å². The van der Waals surface area contributed by atoms with E-state index in [-0.39, 0.29) is 17.4 Å². The molecule has 0 aliphatic heterocycles. The molecule has 0 aliphatic carbocycles. The Balaban J connectivity index is 2.19. The summed E-state index contributed by atoms with van der Waals surface area (Å²) in [6, 6.07) is 1.54. The number of aromatic nitrogens is 4. The molecule has 2 aromatic rings. The van der Waals surface area contributed by atoms with Crippen LogP contribution in [0.4, 0.5) is 5.95 Å². The van der Waals surface area contributed by atoms with Gasteiger partial charge in [0.2, 0.25) is 5.95 Å². The number of nitrogens with zero attached hydrogens (tertiary/aromatic N) is 3. The molecule has 0 saturated carbocycles. The third-order valence-electron chi connectivity index (χ3n) is 1.66. The lowest BCUT2D eigenvalue weighted by molar-refractivity contribution is 0.102. The van der Waals surface area contributed by atoms with Crippen LogP contribution in [0.2, 0.25) is 5.02 Å². The van der Waals surface area contributed by atoms with Gasteiger partial charge in [-0.2, -0.15) is 10.1 Å². The lowest BCUT2D eigenvalue weighted by atomic mass is 10.3. The predicted molar refractivity (Wildman–Crippen MR) is 53.6 cm³/mol. The molecule has 0 aliphatic rings. The second-order valence-electron chi connectivity index (χ2n) is 2.64. The van der Waals surface area contributed by atoms with E-state index in [1.807, 2.05) is 0 Å². The van der Waals surface area contributed by atoms with E-state index >= 15 is 0 Å². The van der Waals surface area contributed by atoms with E-state index < -0.39 is 0 Å². The highest BCUT2D eigenvalue weighted by molar-refractivity contribution is 6.34. The van der Waals surface area contributed by atoms with Crippen molar-refractivity contribution in [3.63, 3.8) is 0 Å². The van der Waals surface area contributed by atoms with Gasteiger partial charge in [0.25, 0.3) is 5.91 Å². The molecule has 76 valence electrons. The standard InChI is InChI=1S/C8H6ClN5O/c9-6-1-2-10-3-5(6)7(15)13-8-11-4-12-14-8/h1-4H,(H2,11,12,13,14,15). The van der Waals surface area contributed by atoms with Gasteiger partial charge in [-0.15, -0.1) is 0 Å².